The summed E-state index contributed by atoms with van der Waals surface area (Å²) in [5.41, 5.74) is 8.08. The quantitative estimate of drug-likeness (QED) is 0.243. The molecular formula is C36H28N2O. The highest BCUT2D eigenvalue weighted by Crippen LogP contribution is 2.35. The van der Waals surface area contributed by atoms with Crippen molar-refractivity contribution in [1.82, 2.24) is 4.57 Å². The first kappa shape index (κ1) is 23.1. The number of hydrogen-bond acceptors (Lipinski definition) is 2. The van der Waals surface area contributed by atoms with Gasteiger partial charge in [0.2, 0.25) is 0 Å². The third-order valence-electron chi connectivity index (χ3n) is 7.48. The largest absolute Gasteiger partial charge is 0.462 e. The summed E-state index contributed by atoms with van der Waals surface area (Å²) in [5.74, 6) is 1.82. The summed E-state index contributed by atoms with van der Waals surface area (Å²) in [6.45, 7) is 4.25. The van der Waals surface area contributed by atoms with E-state index in [0.29, 0.717) is 0 Å². The van der Waals surface area contributed by atoms with E-state index in [4.69, 9.17) is 4.74 Å². The Morgan fingerprint density at radius 2 is 1.36 bits per heavy atom. The van der Waals surface area contributed by atoms with Crippen LogP contribution in [-0.2, 0) is 0 Å². The summed E-state index contributed by atoms with van der Waals surface area (Å²) in [6, 6.07) is 34.0. The molecule has 5 aromatic rings. The van der Waals surface area contributed by atoms with Gasteiger partial charge in [0.05, 0.1) is 16.7 Å². The summed E-state index contributed by atoms with van der Waals surface area (Å²) in [6.07, 6.45) is 14.3. The number of anilines is 1. The lowest BCUT2D eigenvalue weighted by Crippen LogP contribution is -2.19. The number of fused-ring (bicyclic) bond motifs is 4. The van der Waals surface area contributed by atoms with Gasteiger partial charge in [-0.1, -0.05) is 73.3 Å². The van der Waals surface area contributed by atoms with E-state index in [0.717, 1.165) is 46.9 Å². The number of rotatable bonds is 4. The highest BCUT2D eigenvalue weighted by molar-refractivity contribution is 6.09. The fraction of sp³-hybridized carbons (Fsp3) is 0.0556. The Bertz CT molecular complexity index is 1790. The lowest BCUT2D eigenvalue weighted by Gasteiger charge is -2.29. The van der Waals surface area contributed by atoms with Gasteiger partial charge in [-0.2, -0.15) is 0 Å². The second kappa shape index (κ2) is 9.70. The monoisotopic (exact) mass is 504 g/mol. The van der Waals surface area contributed by atoms with Crippen molar-refractivity contribution in [2.24, 2.45) is 0 Å². The van der Waals surface area contributed by atoms with Crippen molar-refractivity contribution in [1.29, 1.82) is 0 Å². The Morgan fingerprint density at radius 3 is 2.08 bits per heavy atom. The minimum atomic E-state index is 0.837. The van der Waals surface area contributed by atoms with Crippen molar-refractivity contribution in [2.75, 3.05) is 4.90 Å². The average Bonchev–Trinajstić information content (AvgIpc) is 3.32. The summed E-state index contributed by atoms with van der Waals surface area (Å²) < 4.78 is 8.64. The topological polar surface area (TPSA) is 17.4 Å². The zero-order valence-electron chi connectivity index (χ0n) is 21.6. The number of hydrogen-bond donors (Lipinski definition) is 0. The summed E-state index contributed by atoms with van der Waals surface area (Å²) >= 11 is 0. The number of para-hydroxylation sites is 3. The van der Waals surface area contributed by atoms with Crippen LogP contribution in [0.15, 0.2) is 152 Å². The molecule has 0 unspecified atom stereocenters. The van der Waals surface area contributed by atoms with E-state index >= 15 is 0 Å². The summed E-state index contributed by atoms with van der Waals surface area (Å²) in [7, 11) is 0. The minimum Gasteiger partial charge on any atom is -0.462 e. The Hall–Kier alpha value is -5.02. The molecule has 0 saturated heterocycles. The van der Waals surface area contributed by atoms with Crippen molar-refractivity contribution in [2.45, 2.75) is 12.8 Å². The van der Waals surface area contributed by atoms with E-state index in [1.165, 1.54) is 27.5 Å². The predicted molar refractivity (Wildman–Crippen MR) is 163 cm³/mol. The standard InChI is InChI=1S/C36H28N2O/c1-26-10-8-9-25-37(34-14-5-2-11-31(26)34)27-17-21-29(22-18-27)39-30-23-19-28(20-24-30)38-35-15-6-3-12-32(35)33-13-4-7-16-36(33)38/h2-17,19-21,23-25H,1,18,22H2/b10-8-,25-9-. The molecule has 0 spiro atoms. The molecule has 0 fully saturated rings. The minimum absolute atomic E-state index is 0.837. The van der Waals surface area contributed by atoms with Crippen molar-refractivity contribution in [3.05, 3.63) is 157 Å². The molecule has 0 atom stereocenters. The van der Waals surface area contributed by atoms with Crippen LogP contribution in [0.3, 0.4) is 0 Å². The van der Waals surface area contributed by atoms with Crippen LogP contribution in [0.25, 0.3) is 33.1 Å². The number of aromatic nitrogens is 1. The molecule has 39 heavy (non-hydrogen) atoms. The lowest BCUT2D eigenvalue weighted by atomic mass is 10.0. The molecule has 3 nitrogen and oxygen atoms in total. The average molecular weight is 505 g/mol. The fourth-order valence-electron chi connectivity index (χ4n) is 5.59. The second-order valence-corrected chi connectivity index (χ2v) is 9.87. The first-order valence-electron chi connectivity index (χ1n) is 13.3. The zero-order chi connectivity index (χ0) is 26.2. The predicted octanol–water partition coefficient (Wildman–Crippen LogP) is 9.33. The maximum atomic E-state index is 6.31. The van der Waals surface area contributed by atoms with Gasteiger partial charge in [-0.25, -0.2) is 0 Å². The summed E-state index contributed by atoms with van der Waals surface area (Å²) in [4.78, 5) is 2.26. The molecule has 188 valence electrons. The van der Waals surface area contributed by atoms with Gasteiger partial charge in [-0.05, 0) is 72.7 Å². The molecule has 2 aliphatic rings. The molecule has 1 aromatic heterocycles. The number of ether oxygens (including phenoxy) is 1. The van der Waals surface area contributed by atoms with Gasteiger partial charge in [0.1, 0.15) is 11.5 Å². The van der Waals surface area contributed by atoms with E-state index < -0.39 is 0 Å². The van der Waals surface area contributed by atoms with Crippen molar-refractivity contribution >= 4 is 33.1 Å². The van der Waals surface area contributed by atoms with Crippen LogP contribution < -0.4 is 9.64 Å². The molecule has 2 heterocycles. The van der Waals surface area contributed by atoms with Crippen LogP contribution in [0.5, 0.6) is 5.75 Å². The van der Waals surface area contributed by atoms with Crippen LogP contribution >= 0.6 is 0 Å². The smallest absolute Gasteiger partial charge is 0.127 e. The molecule has 0 N–H and O–H groups in total. The van der Waals surface area contributed by atoms with Crippen molar-refractivity contribution in [3.63, 3.8) is 0 Å². The maximum Gasteiger partial charge on any atom is 0.127 e. The third-order valence-corrected chi connectivity index (χ3v) is 7.48. The van der Waals surface area contributed by atoms with Gasteiger partial charge in [0, 0.05) is 40.3 Å². The Labute approximate surface area is 228 Å². The van der Waals surface area contributed by atoms with Crippen LogP contribution in [0, 0.1) is 0 Å². The maximum absolute atomic E-state index is 6.31. The molecule has 1 aliphatic heterocycles. The number of nitrogens with zero attached hydrogens (tertiary/aromatic N) is 2. The molecular weight excluding hydrogens is 476 g/mol. The molecule has 4 aromatic carbocycles. The van der Waals surface area contributed by atoms with E-state index in [9.17, 15) is 0 Å². The molecule has 0 bridgehead atoms. The molecule has 0 saturated carbocycles. The van der Waals surface area contributed by atoms with Gasteiger partial charge in [0.25, 0.3) is 0 Å². The van der Waals surface area contributed by atoms with E-state index in [1.54, 1.807) is 0 Å². The first-order chi connectivity index (χ1) is 19.3. The normalized spacial score (nSPS) is 16.7. The highest BCUT2D eigenvalue weighted by Gasteiger charge is 2.18. The van der Waals surface area contributed by atoms with E-state index in [-0.39, 0.29) is 0 Å². The summed E-state index contributed by atoms with van der Waals surface area (Å²) in [5, 5.41) is 2.53. The first-order valence-corrected chi connectivity index (χ1v) is 13.3. The van der Waals surface area contributed by atoms with Crippen LogP contribution in [0.4, 0.5) is 5.69 Å². The number of allylic oxidation sites excluding steroid dienone is 8. The Balaban J connectivity index is 1.15. The fourth-order valence-corrected chi connectivity index (χ4v) is 5.59. The van der Waals surface area contributed by atoms with E-state index in [1.807, 2.05) is 6.08 Å². The molecule has 0 amide bonds. The molecule has 3 heteroatoms. The lowest BCUT2D eigenvalue weighted by molar-refractivity contribution is 0.400. The SMILES string of the molecule is C=C1/C=C\C=C/N(C2=CC=C(Oc3ccc(-n4c5ccccc5c5ccccc54)cc3)CC2)c2ccccc21. The molecule has 7 rings (SSSR count). The Morgan fingerprint density at radius 1 is 0.667 bits per heavy atom. The van der Waals surface area contributed by atoms with Crippen LogP contribution in [0.1, 0.15) is 18.4 Å². The van der Waals surface area contributed by atoms with Gasteiger partial charge in [-0.15, -0.1) is 0 Å². The van der Waals surface area contributed by atoms with Gasteiger partial charge in [0.15, 0.2) is 0 Å². The zero-order valence-corrected chi connectivity index (χ0v) is 21.6. The van der Waals surface area contributed by atoms with Crippen molar-refractivity contribution < 1.29 is 4.74 Å². The van der Waals surface area contributed by atoms with Crippen molar-refractivity contribution in [3.8, 4) is 11.4 Å². The van der Waals surface area contributed by atoms with Crippen LogP contribution in [-0.4, -0.2) is 4.57 Å². The van der Waals surface area contributed by atoms with E-state index in [2.05, 4.69) is 144 Å². The Kier molecular flexibility index (Phi) is 5.75. The van der Waals surface area contributed by atoms with Gasteiger partial charge >= 0.3 is 0 Å². The van der Waals surface area contributed by atoms with Gasteiger partial charge < -0.3 is 14.2 Å². The molecule has 1 aliphatic carbocycles. The second-order valence-electron chi connectivity index (χ2n) is 9.87. The highest BCUT2D eigenvalue weighted by atomic mass is 16.5. The molecule has 0 radical (unpaired) electrons. The van der Waals surface area contributed by atoms with Crippen LogP contribution in [0.2, 0.25) is 0 Å². The third kappa shape index (κ3) is 4.18. The number of benzene rings is 4. The van der Waals surface area contributed by atoms with Gasteiger partial charge in [-0.3, -0.25) is 0 Å².